The van der Waals surface area contributed by atoms with Gasteiger partial charge in [-0.1, -0.05) is 47.5 Å². The van der Waals surface area contributed by atoms with Gasteiger partial charge in [-0.05, 0) is 30.5 Å². The van der Waals surface area contributed by atoms with Crippen molar-refractivity contribution in [3.8, 4) is 11.5 Å². The maximum Gasteiger partial charge on any atom is 0.306 e. The van der Waals surface area contributed by atoms with Crippen molar-refractivity contribution < 1.29 is 27.2 Å². The van der Waals surface area contributed by atoms with Crippen LogP contribution in [0.2, 0.25) is 16.6 Å². The summed E-state index contributed by atoms with van der Waals surface area (Å²) in [6.07, 6.45) is -4.91. The Hall–Kier alpha value is -0.873. The maximum atomic E-state index is 11.4. The van der Waals surface area contributed by atoms with Gasteiger partial charge in [0.25, 0.3) is 0 Å². The summed E-state index contributed by atoms with van der Waals surface area (Å²) < 4.78 is 27.1. The first kappa shape index (κ1) is 18.9. The van der Waals surface area contributed by atoms with Crippen molar-refractivity contribution >= 4 is 14.0 Å². The van der Waals surface area contributed by atoms with Crippen molar-refractivity contribution in [3.05, 3.63) is 0 Å². The van der Waals surface area contributed by atoms with Gasteiger partial charge in [0.05, 0.1) is 13.0 Å². The fourth-order valence-corrected chi connectivity index (χ4v) is 9.22. The monoisotopic (exact) mass is 372 g/mol. The molecule has 1 fully saturated rings. The first-order valence-corrected chi connectivity index (χ1v) is 11.1. The largest absolute Gasteiger partial charge is 0.481 e. The molecule has 1 aliphatic heterocycles. The predicted molar refractivity (Wildman–Crippen MR) is 101 cm³/mol. The number of aliphatic carboxylic acids is 1. The van der Waals surface area contributed by atoms with Crippen molar-refractivity contribution in [2.45, 2.75) is 95.9 Å². The molecular weight excluding hydrogens is 336 g/mol. The minimum Gasteiger partial charge on any atom is -0.481 e. The molecule has 1 heterocycles. The molecule has 1 saturated heterocycles. The lowest BCUT2D eigenvalue weighted by Crippen LogP contribution is -2.48. The van der Waals surface area contributed by atoms with E-state index in [1.165, 1.54) is 0 Å². The summed E-state index contributed by atoms with van der Waals surface area (Å²) in [4.78, 5) is 11.4. The van der Waals surface area contributed by atoms with Gasteiger partial charge in [0.1, 0.15) is 14.2 Å². The lowest BCUT2D eigenvalue weighted by Gasteiger charge is -2.38. The van der Waals surface area contributed by atoms with Crippen molar-refractivity contribution in [2.24, 2.45) is 0 Å². The Morgan fingerprint density at radius 2 is 1.68 bits per heavy atom. The van der Waals surface area contributed by atoms with E-state index in [2.05, 4.69) is 53.0 Å². The molecule has 5 nitrogen and oxygen atoms in total. The summed E-state index contributed by atoms with van der Waals surface area (Å²) in [5, 5.41) is 19.9. The number of rotatable bonds is 6. The van der Waals surface area contributed by atoms with E-state index in [-0.39, 0.29) is 6.61 Å². The highest BCUT2D eigenvalue weighted by Gasteiger charge is 2.51. The van der Waals surface area contributed by atoms with Gasteiger partial charge in [0, 0.05) is 2.74 Å². The van der Waals surface area contributed by atoms with Gasteiger partial charge in [0.15, 0.2) is 11.4 Å². The van der Waals surface area contributed by atoms with E-state index in [1.54, 1.807) is 13.8 Å². The van der Waals surface area contributed by atoms with Crippen LogP contribution in [0, 0.1) is 11.5 Å². The molecule has 25 heavy (non-hydrogen) atoms. The third kappa shape index (κ3) is 4.65. The molecule has 0 aromatic rings. The molecule has 0 aromatic heterocycles. The second kappa shape index (κ2) is 7.79. The SMILES string of the molecule is [2H]C([2H])(C(=O)O)[C@H](O)[C@@]1(C#C[Si](C(C)C)(C(C)C)C(C)C)COC(C)(C)O1. The molecule has 0 bridgehead atoms. The van der Waals surface area contributed by atoms with Crippen LogP contribution >= 0.6 is 0 Å². The van der Waals surface area contributed by atoms with E-state index in [0.717, 1.165) is 0 Å². The number of hydrogen-bond donors (Lipinski definition) is 2. The Bertz CT molecular complexity index is 600. The number of aliphatic hydroxyl groups excluding tert-OH is 1. The highest BCUT2D eigenvalue weighted by molar-refractivity contribution is 6.90. The van der Waals surface area contributed by atoms with Crippen LogP contribution < -0.4 is 0 Å². The van der Waals surface area contributed by atoms with E-state index < -0.39 is 37.9 Å². The maximum absolute atomic E-state index is 11.4. The smallest absolute Gasteiger partial charge is 0.306 e. The Labute approximate surface area is 155 Å². The number of carboxylic acid groups (broad SMARTS) is 1. The fourth-order valence-electron chi connectivity index (χ4n) is 3.92. The van der Waals surface area contributed by atoms with Crippen LogP contribution in [0.15, 0.2) is 0 Å². The first-order valence-electron chi connectivity index (χ1n) is 9.85. The van der Waals surface area contributed by atoms with Gasteiger partial charge in [0.2, 0.25) is 0 Å². The summed E-state index contributed by atoms with van der Waals surface area (Å²) >= 11 is 0. The highest BCUT2D eigenvalue weighted by Crippen LogP contribution is 2.42. The zero-order valence-electron chi connectivity index (χ0n) is 18.6. The van der Waals surface area contributed by atoms with Crippen LogP contribution in [0.5, 0.6) is 0 Å². The van der Waals surface area contributed by atoms with Gasteiger partial charge >= 0.3 is 5.97 Å². The number of hydrogen-bond acceptors (Lipinski definition) is 4. The molecule has 0 aromatic carbocycles. The Kier molecular flexibility index (Phi) is 5.89. The lowest BCUT2D eigenvalue weighted by atomic mass is 9.96. The van der Waals surface area contributed by atoms with Gasteiger partial charge in [-0.25, -0.2) is 0 Å². The van der Waals surface area contributed by atoms with E-state index >= 15 is 0 Å². The van der Waals surface area contributed by atoms with E-state index in [1.807, 2.05) is 0 Å². The van der Waals surface area contributed by atoms with Gasteiger partial charge in [-0.15, -0.1) is 5.54 Å². The van der Waals surface area contributed by atoms with Crippen LogP contribution in [0.3, 0.4) is 0 Å². The topological polar surface area (TPSA) is 76.0 Å². The Morgan fingerprint density at radius 1 is 1.20 bits per heavy atom. The zero-order chi connectivity index (χ0) is 21.4. The number of carboxylic acids is 1. The molecule has 1 rings (SSSR count). The predicted octanol–water partition coefficient (Wildman–Crippen LogP) is 3.57. The molecule has 2 N–H and O–H groups in total. The zero-order valence-corrected chi connectivity index (χ0v) is 17.6. The molecule has 0 spiro atoms. The molecular formula is C19H34O5Si. The van der Waals surface area contributed by atoms with Crippen LogP contribution in [0.4, 0.5) is 0 Å². The summed E-state index contributed by atoms with van der Waals surface area (Å²) in [6.45, 7) is 15.9. The highest BCUT2D eigenvalue weighted by atomic mass is 28.3. The quantitative estimate of drug-likeness (QED) is 0.551. The standard InChI is InChI=1S/C19H34O5Si/c1-13(2)25(14(3)4,15(5)6)10-9-19(16(20)11-17(21)22)12-23-18(7,8)24-19/h13-16,20H,11-12H2,1-8H3,(H,21,22)/t16-,19+/m0/s1/i11D2. The molecule has 0 saturated carbocycles. The minimum absolute atomic E-state index is 0.195. The van der Waals surface area contributed by atoms with Gasteiger partial charge < -0.3 is 19.7 Å². The molecule has 2 atom stereocenters. The van der Waals surface area contributed by atoms with Crippen molar-refractivity contribution in [2.75, 3.05) is 6.61 Å². The van der Waals surface area contributed by atoms with Crippen LogP contribution in [-0.4, -0.2) is 48.4 Å². The summed E-state index contributed by atoms with van der Waals surface area (Å²) in [6, 6.07) is 0. The molecule has 0 aliphatic carbocycles. The van der Waals surface area contributed by atoms with Crippen LogP contribution in [-0.2, 0) is 14.3 Å². The van der Waals surface area contributed by atoms with E-state index in [4.69, 9.17) is 12.2 Å². The summed E-state index contributed by atoms with van der Waals surface area (Å²) in [7, 11) is -2.20. The Morgan fingerprint density at radius 3 is 2.00 bits per heavy atom. The molecule has 1 aliphatic rings. The fraction of sp³-hybridized carbons (Fsp3) is 0.842. The van der Waals surface area contributed by atoms with Crippen LogP contribution in [0.25, 0.3) is 0 Å². The van der Waals surface area contributed by atoms with E-state index in [0.29, 0.717) is 16.6 Å². The Balaban J connectivity index is 3.58. The van der Waals surface area contributed by atoms with Crippen LogP contribution in [0.1, 0.15) is 64.5 Å². The van der Waals surface area contributed by atoms with Crippen molar-refractivity contribution in [3.63, 3.8) is 0 Å². The summed E-state index contributed by atoms with van der Waals surface area (Å²) in [5.41, 5.74) is 2.65. The number of ether oxygens (including phenoxy) is 2. The lowest BCUT2D eigenvalue weighted by molar-refractivity contribution is -0.172. The molecule has 144 valence electrons. The number of aliphatic hydroxyl groups is 1. The third-order valence-corrected chi connectivity index (χ3v) is 11.4. The van der Waals surface area contributed by atoms with Gasteiger partial charge in [-0.3, -0.25) is 4.79 Å². The average molecular weight is 373 g/mol. The van der Waals surface area contributed by atoms with Crippen molar-refractivity contribution in [1.82, 2.24) is 0 Å². The first-order chi connectivity index (χ1) is 12.0. The summed E-state index contributed by atoms with van der Waals surface area (Å²) in [5.74, 6) is 0.153. The average Bonchev–Trinajstić information content (AvgIpc) is 2.82. The third-order valence-electron chi connectivity index (χ3n) is 5.12. The second-order valence-electron chi connectivity index (χ2n) is 8.18. The van der Waals surface area contributed by atoms with Gasteiger partial charge in [-0.2, -0.15) is 0 Å². The normalized spacial score (nSPS) is 26.2. The molecule has 6 heteroatoms. The van der Waals surface area contributed by atoms with E-state index in [9.17, 15) is 15.0 Å². The molecule has 0 radical (unpaired) electrons. The molecule has 0 unspecified atom stereocenters. The minimum atomic E-state index is -2.92. The second-order valence-corrected chi connectivity index (χ2v) is 13.8. The molecule has 0 amide bonds. The number of carbonyl (C=O) groups is 1. The van der Waals surface area contributed by atoms with Crippen molar-refractivity contribution in [1.29, 1.82) is 0 Å².